The van der Waals surface area contributed by atoms with Crippen LogP contribution in [0.4, 0.5) is 0 Å². The van der Waals surface area contributed by atoms with Crippen LogP contribution in [0.15, 0.2) is 0 Å². The van der Waals surface area contributed by atoms with Crippen LogP contribution in [-0.4, -0.2) is 35.7 Å². The summed E-state index contributed by atoms with van der Waals surface area (Å²) in [4.78, 5) is 2.45. The molecular formula is C11H21NO. The SMILES string of the molecule is C[C@@H](O)CN1CC2CCCCC2C1. The topological polar surface area (TPSA) is 23.5 Å². The van der Waals surface area contributed by atoms with Gasteiger partial charge in [-0.3, -0.25) is 0 Å². The van der Waals surface area contributed by atoms with Crippen LogP contribution < -0.4 is 0 Å². The molecule has 0 amide bonds. The quantitative estimate of drug-likeness (QED) is 0.701. The number of aliphatic hydroxyl groups excluding tert-OH is 1. The number of β-amino-alcohol motifs (C(OH)–C–C–N with tert-alkyl or cyclic N) is 1. The first-order valence-electron chi connectivity index (χ1n) is 5.66. The molecule has 1 aliphatic carbocycles. The minimum Gasteiger partial charge on any atom is -0.392 e. The molecule has 2 aliphatic rings. The maximum Gasteiger partial charge on any atom is 0.0639 e. The van der Waals surface area contributed by atoms with Crippen molar-refractivity contribution in [2.45, 2.75) is 38.7 Å². The van der Waals surface area contributed by atoms with Gasteiger partial charge >= 0.3 is 0 Å². The van der Waals surface area contributed by atoms with Gasteiger partial charge in [-0.1, -0.05) is 12.8 Å². The van der Waals surface area contributed by atoms with Gasteiger partial charge in [0.2, 0.25) is 0 Å². The Morgan fingerprint density at radius 3 is 2.23 bits per heavy atom. The van der Waals surface area contributed by atoms with Crippen molar-refractivity contribution in [2.24, 2.45) is 11.8 Å². The highest BCUT2D eigenvalue weighted by Crippen LogP contribution is 2.35. The van der Waals surface area contributed by atoms with Crippen LogP contribution in [0.1, 0.15) is 32.6 Å². The molecule has 0 bridgehead atoms. The third-order valence-corrected chi connectivity index (χ3v) is 3.57. The summed E-state index contributed by atoms with van der Waals surface area (Å²) in [5, 5.41) is 9.30. The first-order chi connectivity index (χ1) is 6.25. The second-order valence-electron chi connectivity index (χ2n) is 4.87. The molecule has 1 N–H and O–H groups in total. The number of hydrogen-bond donors (Lipinski definition) is 1. The average Bonchev–Trinajstić information content (AvgIpc) is 2.44. The van der Waals surface area contributed by atoms with Crippen LogP contribution in [-0.2, 0) is 0 Å². The Hall–Kier alpha value is -0.0800. The number of aliphatic hydroxyl groups is 1. The van der Waals surface area contributed by atoms with Gasteiger partial charge in [-0.2, -0.15) is 0 Å². The number of hydrogen-bond acceptors (Lipinski definition) is 2. The fourth-order valence-electron chi connectivity index (χ4n) is 3.03. The number of nitrogens with zero attached hydrogens (tertiary/aromatic N) is 1. The molecule has 0 aromatic rings. The zero-order valence-corrected chi connectivity index (χ0v) is 8.58. The molecule has 1 saturated heterocycles. The van der Waals surface area contributed by atoms with E-state index in [1.54, 1.807) is 0 Å². The van der Waals surface area contributed by atoms with E-state index in [0.29, 0.717) is 0 Å². The van der Waals surface area contributed by atoms with E-state index in [9.17, 15) is 5.11 Å². The lowest BCUT2D eigenvalue weighted by Gasteiger charge is -2.23. The third-order valence-electron chi connectivity index (χ3n) is 3.57. The Morgan fingerprint density at radius 2 is 1.77 bits per heavy atom. The fraction of sp³-hybridized carbons (Fsp3) is 1.00. The second-order valence-corrected chi connectivity index (χ2v) is 4.87. The molecule has 0 radical (unpaired) electrons. The molecule has 2 nitrogen and oxygen atoms in total. The van der Waals surface area contributed by atoms with Gasteiger partial charge in [0.05, 0.1) is 6.10 Å². The van der Waals surface area contributed by atoms with E-state index in [1.165, 1.54) is 38.8 Å². The van der Waals surface area contributed by atoms with Crippen molar-refractivity contribution < 1.29 is 5.11 Å². The number of likely N-dealkylation sites (tertiary alicyclic amines) is 1. The van der Waals surface area contributed by atoms with Gasteiger partial charge in [0, 0.05) is 19.6 Å². The minimum absolute atomic E-state index is 0.153. The Labute approximate surface area is 80.9 Å². The summed E-state index contributed by atoms with van der Waals surface area (Å²) in [5.74, 6) is 1.90. The molecular weight excluding hydrogens is 162 g/mol. The smallest absolute Gasteiger partial charge is 0.0639 e. The Kier molecular flexibility index (Phi) is 2.89. The molecule has 0 aromatic carbocycles. The highest BCUT2D eigenvalue weighted by Gasteiger charge is 2.34. The van der Waals surface area contributed by atoms with Gasteiger partial charge in [0.1, 0.15) is 0 Å². The van der Waals surface area contributed by atoms with E-state index >= 15 is 0 Å². The van der Waals surface area contributed by atoms with Crippen LogP contribution in [0, 0.1) is 11.8 Å². The molecule has 1 saturated carbocycles. The highest BCUT2D eigenvalue weighted by molar-refractivity contribution is 4.87. The van der Waals surface area contributed by atoms with E-state index in [1.807, 2.05) is 6.92 Å². The van der Waals surface area contributed by atoms with Crippen molar-refractivity contribution >= 4 is 0 Å². The maximum absolute atomic E-state index is 9.30. The van der Waals surface area contributed by atoms with Crippen molar-refractivity contribution in [1.29, 1.82) is 0 Å². The van der Waals surface area contributed by atoms with Gasteiger partial charge in [0.25, 0.3) is 0 Å². The Morgan fingerprint density at radius 1 is 1.23 bits per heavy atom. The van der Waals surface area contributed by atoms with Crippen molar-refractivity contribution in [1.82, 2.24) is 4.90 Å². The first kappa shape index (κ1) is 9.47. The van der Waals surface area contributed by atoms with Crippen molar-refractivity contribution in [3.63, 3.8) is 0 Å². The molecule has 0 spiro atoms. The molecule has 3 atom stereocenters. The summed E-state index contributed by atoms with van der Waals surface area (Å²) < 4.78 is 0. The summed E-state index contributed by atoms with van der Waals surface area (Å²) in [6.07, 6.45) is 5.58. The molecule has 2 fully saturated rings. The first-order valence-corrected chi connectivity index (χ1v) is 5.66. The molecule has 13 heavy (non-hydrogen) atoms. The second kappa shape index (κ2) is 3.97. The summed E-state index contributed by atoms with van der Waals surface area (Å²) in [5.41, 5.74) is 0. The predicted octanol–water partition coefficient (Wildman–Crippen LogP) is 1.49. The summed E-state index contributed by atoms with van der Waals surface area (Å²) in [6.45, 7) is 5.26. The Bertz CT molecular complexity index is 155. The largest absolute Gasteiger partial charge is 0.392 e. The average molecular weight is 183 g/mol. The summed E-state index contributed by atoms with van der Waals surface area (Å²) in [6, 6.07) is 0. The fourth-order valence-corrected chi connectivity index (χ4v) is 3.03. The lowest BCUT2D eigenvalue weighted by molar-refractivity contribution is 0.137. The van der Waals surface area contributed by atoms with Gasteiger partial charge in [-0.25, -0.2) is 0 Å². The highest BCUT2D eigenvalue weighted by atomic mass is 16.3. The summed E-state index contributed by atoms with van der Waals surface area (Å²) >= 11 is 0. The van der Waals surface area contributed by atoms with Crippen LogP contribution in [0.3, 0.4) is 0 Å². The zero-order valence-electron chi connectivity index (χ0n) is 8.58. The van der Waals surface area contributed by atoms with E-state index in [4.69, 9.17) is 0 Å². The van der Waals surface area contributed by atoms with Crippen molar-refractivity contribution in [3.05, 3.63) is 0 Å². The molecule has 1 heterocycles. The van der Waals surface area contributed by atoms with Crippen LogP contribution >= 0.6 is 0 Å². The normalized spacial score (nSPS) is 37.4. The lowest BCUT2D eigenvalue weighted by atomic mass is 9.82. The number of rotatable bonds is 2. The van der Waals surface area contributed by atoms with E-state index in [2.05, 4.69) is 4.90 Å². The van der Waals surface area contributed by atoms with E-state index < -0.39 is 0 Å². The minimum atomic E-state index is -0.153. The third kappa shape index (κ3) is 2.23. The molecule has 76 valence electrons. The van der Waals surface area contributed by atoms with Gasteiger partial charge in [-0.15, -0.1) is 0 Å². The van der Waals surface area contributed by atoms with Gasteiger partial charge in [0.15, 0.2) is 0 Å². The van der Waals surface area contributed by atoms with Crippen LogP contribution in [0.5, 0.6) is 0 Å². The van der Waals surface area contributed by atoms with Crippen LogP contribution in [0.2, 0.25) is 0 Å². The maximum atomic E-state index is 9.30. The lowest BCUT2D eigenvalue weighted by Crippen LogP contribution is -2.29. The Balaban J connectivity index is 1.84. The predicted molar refractivity (Wildman–Crippen MR) is 53.6 cm³/mol. The number of fused-ring (bicyclic) bond motifs is 1. The molecule has 2 unspecified atom stereocenters. The van der Waals surface area contributed by atoms with Gasteiger partial charge < -0.3 is 10.0 Å². The van der Waals surface area contributed by atoms with Crippen LogP contribution in [0.25, 0.3) is 0 Å². The molecule has 0 aromatic heterocycles. The van der Waals surface area contributed by atoms with E-state index in [-0.39, 0.29) is 6.10 Å². The zero-order chi connectivity index (χ0) is 9.26. The van der Waals surface area contributed by atoms with Crippen molar-refractivity contribution in [2.75, 3.05) is 19.6 Å². The molecule has 2 heteroatoms. The molecule has 2 rings (SSSR count). The monoisotopic (exact) mass is 183 g/mol. The summed E-state index contributed by atoms with van der Waals surface area (Å²) in [7, 11) is 0. The standard InChI is InChI=1S/C11H21NO/c1-9(13)6-12-7-10-4-2-3-5-11(10)8-12/h9-11,13H,2-8H2,1H3/t9-,10?,11?/m1/s1. The van der Waals surface area contributed by atoms with E-state index in [0.717, 1.165) is 18.4 Å². The molecule has 1 aliphatic heterocycles. The van der Waals surface area contributed by atoms with Crippen molar-refractivity contribution in [3.8, 4) is 0 Å². The van der Waals surface area contributed by atoms with Gasteiger partial charge in [-0.05, 0) is 31.6 Å².